The summed E-state index contributed by atoms with van der Waals surface area (Å²) in [7, 11) is 0. The van der Waals surface area contributed by atoms with Gasteiger partial charge in [0.2, 0.25) is 0 Å². The Labute approximate surface area is 66.1 Å². The molecule has 0 aliphatic carbocycles. The lowest BCUT2D eigenvalue weighted by atomic mass is 10.2. The average molecular weight is 162 g/mol. The first-order valence-corrected chi connectivity index (χ1v) is 3.48. The van der Waals surface area contributed by atoms with Crippen molar-refractivity contribution in [2.45, 2.75) is 26.4 Å². The summed E-state index contributed by atoms with van der Waals surface area (Å²) in [6, 6.07) is 0. The number of carbonyl (C=O) groups is 1. The molecule has 0 saturated carbocycles. The first-order valence-electron chi connectivity index (χ1n) is 3.48. The van der Waals surface area contributed by atoms with Crippen molar-refractivity contribution in [3.63, 3.8) is 0 Å². The zero-order valence-corrected chi connectivity index (χ0v) is 7.09. The van der Waals surface area contributed by atoms with Gasteiger partial charge in [-0.25, -0.2) is 4.79 Å². The van der Waals surface area contributed by atoms with E-state index in [0.29, 0.717) is 0 Å². The Balaban J connectivity index is 3.74. The molecule has 0 atom stereocenters. The van der Waals surface area contributed by atoms with Crippen molar-refractivity contribution in [2.24, 2.45) is 0 Å². The third-order valence-corrected chi connectivity index (χ3v) is 1.00. The van der Waals surface area contributed by atoms with E-state index in [1.54, 1.807) is 20.8 Å². The van der Waals surface area contributed by atoms with Crippen molar-refractivity contribution in [1.82, 2.24) is 0 Å². The van der Waals surface area contributed by atoms with Gasteiger partial charge in [-0.2, -0.15) is 0 Å². The number of hydrogen-bond donors (Lipinski definition) is 1. The van der Waals surface area contributed by atoms with Crippen LogP contribution in [0.2, 0.25) is 0 Å². The Kier molecular flexibility index (Phi) is 3.89. The molecule has 4 heteroatoms. The first kappa shape index (κ1) is 10.2. The number of hydrogen-bond acceptors (Lipinski definition) is 4. The van der Waals surface area contributed by atoms with Crippen molar-refractivity contribution in [2.75, 3.05) is 13.2 Å². The maximum absolute atomic E-state index is 10.7. The molecule has 1 N–H and O–H groups in total. The fraction of sp³-hybridized carbons (Fsp3) is 0.857. The molecule has 0 rings (SSSR count). The summed E-state index contributed by atoms with van der Waals surface area (Å²) in [6.07, 6.45) is -0.744. The highest BCUT2D eigenvalue weighted by Crippen LogP contribution is 2.08. The molecule has 0 aromatic heterocycles. The van der Waals surface area contributed by atoms with E-state index in [9.17, 15) is 4.79 Å². The van der Waals surface area contributed by atoms with Gasteiger partial charge in [-0.05, 0) is 20.8 Å². The summed E-state index contributed by atoms with van der Waals surface area (Å²) >= 11 is 0. The van der Waals surface area contributed by atoms with E-state index < -0.39 is 11.8 Å². The van der Waals surface area contributed by atoms with Crippen molar-refractivity contribution in [3.8, 4) is 0 Å². The van der Waals surface area contributed by atoms with E-state index in [-0.39, 0.29) is 13.2 Å². The van der Waals surface area contributed by atoms with Gasteiger partial charge in [-0.15, -0.1) is 0 Å². The first-order chi connectivity index (χ1) is 5.02. The molecule has 0 aliphatic rings. The van der Waals surface area contributed by atoms with Gasteiger partial charge in [0.05, 0.1) is 13.2 Å². The van der Waals surface area contributed by atoms with Crippen LogP contribution in [0.5, 0.6) is 0 Å². The maximum atomic E-state index is 10.7. The van der Waals surface area contributed by atoms with Crippen LogP contribution in [-0.4, -0.2) is 30.1 Å². The zero-order chi connectivity index (χ0) is 8.91. The molecule has 66 valence electrons. The lowest BCUT2D eigenvalue weighted by molar-refractivity contribution is -0.0412. The minimum atomic E-state index is -0.855. The van der Waals surface area contributed by atoms with Crippen LogP contribution >= 0.6 is 0 Å². The Bertz CT molecular complexity index is 130. The molecule has 0 saturated heterocycles. The molecule has 0 heterocycles. The van der Waals surface area contributed by atoms with Crippen LogP contribution in [0, 0.1) is 0 Å². The Hall–Kier alpha value is -0.770. The Morgan fingerprint density at radius 3 is 2.45 bits per heavy atom. The fourth-order valence-electron chi connectivity index (χ4n) is 0.405. The van der Waals surface area contributed by atoms with Gasteiger partial charge >= 0.3 is 6.16 Å². The molecular formula is C7H14O4. The van der Waals surface area contributed by atoms with Crippen LogP contribution in [0.1, 0.15) is 20.8 Å². The quantitative estimate of drug-likeness (QED) is 0.627. The SMILES string of the molecule is CCOC(=O)OC(C)(C)CO. The van der Waals surface area contributed by atoms with Crippen LogP contribution in [0.4, 0.5) is 4.79 Å². The second-order valence-electron chi connectivity index (χ2n) is 2.70. The third-order valence-electron chi connectivity index (χ3n) is 1.00. The number of aliphatic hydroxyl groups excluding tert-OH is 1. The van der Waals surface area contributed by atoms with Gasteiger partial charge in [-0.1, -0.05) is 0 Å². The van der Waals surface area contributed by atoms with Gasteiger partial charge in [0.15, 0.2) is 0 Å². The number of ether oxygens (including phenoxy) is 2. The summed E-state index contributed by atoms with van der Waals surface area (Å²) < 4.78 is 9.22. The second-order valence-corrected chi connectivity index (χ2v) is 2.70. The predicted octanol–water partition coefficient (Wildman–Crippen LogP) is 0.930. The second kappa shape index (κ2) is 4.18. The molecule has 0 amide bonds. The molecule has 0 aromatic rings. The minimum Gasteiger partial charge on any atom is -0.435 e. The van der Waals surface area contributed by atoms with Crippen molar-refractivity contribution < 1.29 is 19.4 Å². The normalized spacial score (nSPS) is 10.9. The number of aliphatic hydroxyl groups is 1. The molecule has 0 aromatic carbocycles. The lowest BCUT2D eigenvalue weighted by Crippen LogP contribution is -2.32. The molecule has 11 heavy (non-hydrogen) atoms. The minimum absolute atomic E-state index is 0.216. The molecule has 0 aliphatic heterocycles. The summed E-state index contributed by atoms with van der Waals surface area (Å²) in [5, 5.41) is 8.68. The van der Waals surface area contributed by atoms with E-state index in [4.69, 9.17) is 9.84 Å². The van der Waals surface area contributed by atoms with Gasteiger partial charge in [0.1, 0.15) is 5.60 Å². The maximum Gasteiger partial charge on any atom is 0.508 e. The highest BCUT2D eigenvalue weighted by molar-refractivity contribution is 5.60. The standard InChI is InChI=1S/C7H14O4/c1-4-10-6(9)11-7(2,3)5-8/h8H,4-5H2,1-3H3. The monoisotopic (exact) mass is 162 g/mol. The summed E-state index contributed by atoms with van der Waals surface area (Å²) in [6.45, 7) is 4.95. The van der Waals surface area contributed by atoms with E-state index in [0.717, 1.165) is 0 Å². The van der Waals surface area contributed by atoms with Crippen molar-refractivity contribution in [1.29, 1.82) is 0 Å². The zero-order valence-electron chi connectivity index (χ0n) is 7.09. The molecular weight excluding hydrogens is 148 g/mol. The van der Waals surface area contributed by atoms with Gasteiger partial charge < -0.3 is 14.6 Å². The predicted molar refractivity (Wildman–Crippen MR) is 39.3 cm³/mol. The van der Waals surface area contributed by atoms with E-state index in [2.05, 4.69) is 4.74 Å². The van der Waals surface area contributed by atoms with Gasteiger partial charge in [-0.3, -0.25) is 0 Å². The van der Waals surface area contributed by atoms with Crippen LogP contribution in [0.25, 0.3) is 0 Å². The lowest BCUT2D eigenvalue weighted by Gasteiger charge is -2.21. The fourth-order valence-corrected chi connectivity index (χ4v) is 0.405. The van der Waals surface area contributed by atoms with Crippen LogP contribution in [-0.2, 0) is 9.47 Å². The summed E-state index contributed by atoms with van der Waals surface area (Å²) in [5.74, 6) is 0. The molecule has 0 bridgehead atoms. The van der Waals surface area contributed by atoms with Crippen LogP contribution in [0.15, 0.2) is 0 Å². The summed E-state index contributed by atoms with van der Waals surface area (Å²) in [4.78, 5) is 10.7. The molecule has 0 unspecified atom stereocenters. The van der Waals surface area contributed by atoms with Crippen LogP contribution < -0.4 is 0 Å². The highest BCUT2D eigenvalue weighted by atomic mass is 16.7. The smallest absolute Gasteiger partial charge is 0.435 e. The van der Waals surface area contributed by atoms with Crippen molar-refractivity contribution in [3.05, 3.63) is 0 Å². The third kappa shape index (κ3) is 4.61. The average Bonchev–Trinajstić information content (AvgIpc) is 1.87. The Morgan fingerprint density at radius 2 is 2.09 bits per heavy atom. The van der Waals surface area contributed by atoms with Gasteiger partial charge in [0, 0.05) is 0 Å². The molecule has 0 fully saturated rings. The Morgan fingerprint density at radius 1 is 1.55 bits per heavy atom. The van der Waals surface area contributed by atoms with Crippen LogP contribution in [0.3, 0.4) is 0 Å². The van der Waals surface area contributed by atoms with E-state index >= 15 is 0 Å². The molecule has 0 radical (unpaired) electrons. The molecule has 0 spiro atoms. The van der Waals surface area contributed by atoms with E-state index in [1.807, 2.05) is 0 Å². The number of carbonyl (C=O) groups excluding carboxylic acids is 1. The molecule has 4 nitrogen and oxygen atoms in total. The highest BCUT2D eigenvalue weighted by Gasteiger charge is 2.22. The van der Waals surface area contributed by atoms with Gasteiger partial charge in [0.25, 0.3) is 0 Å². The summed E-state index contributed by atoms with van der Waals surface area (Å²) in [5.41, 5.74) is -0.855. The van der Waals surface area contributed by atoms with E-state index in [1.165, 1.54) is 0 Å². The topological polar surface area (TPSA) is 55.8 Å². The largest absolute Gasteiger partial charge is 0.508 e. The number of rotatable bonds is 3. The van der Waals surface area contributed by atoms with Crippen molar-refractivity contribution >= 4 is 6.16 Å².